The van der Waals surface area contributed by atoms with E-state index < -0.39 is 0 Å². The van der Waals surface area contributed by atoms with Gasteiger partial charge < -0.3 is 15.3 Å². The van der Waals surface area contributed by atoms with Crippen molar-refractivity contribution in [3.05, 3.63) is 81.1 Å². The predicted octanol–water partition coefficient (Wildman–Crippen LogP) is 1.89. The molecule has 0 aliphatic carbocycles. The first kappa shape index (κ1) is 16.1. The molecule has 138 valence electrons. The first-order valence-electron chi connectivity index (χ1n) is 8.66. The number of H-pyrrole nitrogens is 3. The molecule has 0 radical (unpaired) electrons. The molecule has 28 heavy (non-hydrogen) atoms. The van der Waals surface area contributed by atoms with Crippen molar-refractivity contribution in [2.45, 2.75) is 6.54 Å². The second kappa shape index (κ2) is 6.23. The number of fused-ring (bicyclic) bond motifs is 2. The molecule has 0 aliphatic rings. The number of nitrogens with zero attached hydrogens (tertiary/aromatic N) is 3. The monoisotopic (exact) mass is 373 g/mol. The molecule has 4 N–H and O–H groups in total. The van der Waals surface area contributed by atoms with Gasteiger partial charge in [0.15, 0.2) is 5.65 Å². The van der Waals surface area contributed by atoms with Crippen molar-refractivity contribution >= 4 is 28.0 Å². The number of nitrogens with one attached hydrogen (secondary N) is 4. The molecule has 0 amide bonds. The average molecular weight is 373 g/mol. The zero-order valence-corrected chi connectivity index (χ0v) is 14.6. The normalized spacial score (nSPS) is 11.3. The Morgan fingerprint density at radius 3 is 2.64 bits per heavy atom. The molecule has 0 bridgehead atoms. The Hall–Kier alpha value is -4.14. The highest BCUT2D eigenvalue weighted by molar-refractivity contribution is 5.76. The van der Waals surface area contributed by atoms with Crippen LogP contribution >= 0.6 is 0 Å². The standard InChI is InChI=1S/C19H15N7O2/c27-17-13-10-21-26(12-4-2-1-3-5-12)16(13)24-18(25-17)20-9-11-6-7-14-15(8-11)23-19(28)22-14/h1-8,10H,9H2,(H2,22,23,28)(H2,20,24,25,27). The van der Waals surface area contributed by atoms with Gasteiger partial charge >= 0.3 is 5.69 Å². The van der Waals surface area contributed by atoms with E-state index in [1.807, 2.05) is 48.5 Å². The molecule has 5 rings (SSSR count). The summed E-state index contributed by atoms with van der Waals surface area (Å²) < 4.78 is 1.63. The first-order valence-corrected chi connectivity index (χ1v) is 8.66. The molecule has 5 aromatic rings. The van der Waals surface area contributed by atoms with Crippen molar-refractivity contribution in [1.82, 2.24) is 29.7 Å². The number of rotatable bonds is 4. The Morgan fingerprint density at radius 2 is 1.79 bits per heavy atom. The Morgan fingerprint density at radius 1 is 0.964 bits per heavy atom. The number of benzene rings is 2. The fraction of sp³-hybridized carbons (Fsp3) is 0.0526. The van der Waals surface area contributed by atoms with Crippen LogP contribution in [0, 0.1) is 0 Å². The van der Waals surface area contributed by atoms with Gasteiger partial charge in [-0.25, -0.2) is 9.48 Å². The maximum absolute atomic E-state index is 12.4. The Kier molecular flexibility index (Phi) is 3.58. The van der Waals surface area contributed by atoms with Crippen molar-refractivity contribution in [3.8, 4) is 5.69 Å². The van der Waals surface area contributed by atoms with E-state index in [1.54, 1.807) is 4.68 Å². The minimum Gasteiger partial charge on any atom is -0.352 e. The minimum atomic E-state index is -0.264. The zero-order valence-electron chi connectivity index (χ0n) is 14.6. The molecule has 0 saturated carbocycles. The van der Waals surface area contributed by atoms with Gasteiger partial charge in [-0.1, -0.05) is 24.3 Å². The predicted molar refractivity (Wildman–Crippen MR) is 106 cm³/mol. The van der Waals surface area contributed by atoms with Crippen molar-refractivity contribution in [2.75, 3.05) is 5.32 Å². The van der Waals surface area contributed by atoms with Crippen LogP contribution in [-0.4, -0.2) is 29.7 Å². The highest BCUT2D eigenvalue weighted by Gasteiger charge is 2.11. The van der Waals surface area contributed by atoms with E-state index in [1.165, 1.54) is 6.20 Å². The second-order valence-corrected chi connectivity index (χ2v) is 6.36. The van der Waals surface area contributed by atoms with Gasteiger partial charge in [-0.3, -0.25) is 9.78 Å². The molecule has 0 aliphatic heterocycles. The van der Waals surface area contributed by atoms with E-state index in [0.29, 0.717) is 23.5 Å². The molecule has 9 heteroatoms. The summed E-state index contributed by atoms with van der Waals surface area (Å²) in [6.07, 6.45) is 1.51. The average Bonchev–Trinajstić information content (AvgIpc) is 3.29. The molecule has 0 atom stereocenters. The maximum atomic E-state index is 12.4. The molecule has 2 aromatic carbocycles. The van der Waals surface area contributed by atoms with Crippen molar-refractivity contribution < 1.29 is 0 Å². The van der Waals surface area contributed by atoms with E-state index in [-0.39, 0.29) is 11.2 Å². The molecular formula is C19H15N7O2. The fourth-order valence-corrected chi connectivity index (χ4v) is 3.14. The Labute approximate surface area is 157 Å². The van der Waals surface area contributed by atoms with Crippen LogP contribution in [0.4, 0.5) is 5.95 Å². The molecule has 0 unspecified atom stereocenters. The molecule has 3 heterocycles. The van der Waals surface area contributed by atoms with E-state index in [4.69, 9.17) is 0 Å². The molecule has 0 spiro atoms. The summed E-state index contributed by atoms with van der Waals surface area (Å²) in [4.78, 5) is 36.5. The van der Waals surface area contributed by atoms with E-state index in [0.717, 1.165) is 22.3 Å². The van der Waals surface area contributed by atoms with Gasteiger partial charge in [0.1, 0.15) is 5.39 Å². The molecular weight excluding hydrogens is 358 g/mol. The highest BCUT2D eigenvalue weighted by atomic mass is 16.1. The van der Waals surface area contributed by atoms with Crippen LogP contribution in [0.1, 0.15) is 5.56 Å². The third kappa shape index (κ3) is 2.75. The van der Waals surface area contributed by atoms with Crippen LogP contribution in [0.15, 0.2) is 64.3 Å². The summed E-state index contributed by atoms with van der Waals surface area (Å²) >= 11 is 0. The summed E-state index contributed by atoms with van der Waals surface area (Å²) in [6, 6.07) is 15.1. The van der Waals surface area contributed by atoms with Gasteiger partial charge in [0, 0.05) is 6.54 Å². The SMILES string of the molecule is O=c1[nH]c2ccc(CNc3nc4c(cnn4-c4ccccc4)c(=O)[nH]3)cc2[nH]1. The summed E-state index contributed by atoms with van der Waals surface area (Å²) in [5.74, 6) is 0.345. The van der Waals surface area contributed by atoms with Gasteiger partial charge in [0.25, 0.3) is 5.56 Å². The third-order valence-electron chi connectivity index (χ3n) is 4.48. The Bertz CT molecular complexity index is 1410. The van der Waals surface area contributed by atoms with Gasteiger partial charge in [-0.15, -0.1) is 0 Å². The number of aromatic amines is 3. The fourth-order valence-electron chi connectivity index (χ4n) is 3.14. The highest BCUT2D eigenvalue weighted by Crippen LogP contribution is 2.15. The van der Waals surface area contributed by atoms with Crippen molar-refractivity contribution in [1.29, 1.82) is 0 Å². The van der Waals surface area contributed by atoms with Gasteiger partial charge in [0.05, 0.1) is 22.9 Å². The number of imidazole rings is 1. The smallest absolute Gasteiger partial charge is 0.323 e. The lowest BCUT2D eigenvalue weighted by Gasteiger charge is -2.07. The largest absolute Gasteiger partial charge is 0.352 e. The topological polar surface area (TPSA) is 124 Å². The lowest BCUT2D eigenvalue weighted by molar-refractivity contribution is 0.893. The molecule has 0 fully saturated rings. The van der Waals surface area contributed by atoms with Crippen LogP contribution < -0.4 is 16.6 Å². The first-order chi connectivity index (χ1) is 13.7. The molecule has 0 saturated heterocycles. The lowest BCUT2D eigenvalue weighted by atomic mass is 10.2. The van der Waals surface area contributed by atoms with Gasteiger partial charge in [-0.2, -0.15) is 10.1 Å². The lowest BCUT2D eigenvalue weighted by Crippen LogP contribution is -2.13. The molecule has 9 nitrogen and oxygen atoms in total. The number of para-hydroxylation sites is 1. The maximum Gasteiger partial charge on any atom is 0.323 e. The Balaban J connectivity index is 1.48. The van der Waals surface area contributed by atoms with Crippen LogP contribution in [-0.2, 0) is 6.54 Å². The third-order valence-corrected chi connectivity index (χ3v) is 4.48. The van der Waals surface area contributed by atoms with E-state index >= 15 is 0 Å². The zero-order chi connectivity index (χ0) is 19.1. The van der Waals surface area contributed by atoms with Gasteiger partial charge in [-0.05, 0) is 29.8 Å². The van der Waals surface area contributed by atoms with Crippen LogP contribution in [0.3, 0.4) is 0 Å². The number of hydrogen-bond acceptors (Lipinski definition) is 5. The molecule has 3 aromatic heterocycles. The number of aromatic nitrogens is 6. The van der Waals surface area contributed by atoms with E-state index in [2.05, 4.69) is 30.4 Å². The van der Waals surface area contributed by atoms with E-state index in [9.17, 15) is 9.59 Å². The van der Waals surface area contributed by atoms with Gasteiger partial charge in [0.2, 0.25) is 5.95 Å². The van der Waals surface area contributed by atoms with Crippen molar-refractivity contribution in [3.63, 3.8) is 0 Å². The minimum absolute atomic E-state index is 0.245. The van der Waals surface area contributed by atoms with Crippen LogP contribution in [0.25, 0.3) is 27.8 Å². The van der Waals surface area contributed by atoms with Crippen LogP contribution in [0.2, 0.25) is 0 Å². The van der Waals surface area contributed by atoms with Crippen molar-refractivity contribution in [2.24, 2.45) is 0 Å². The summed E-state index contributed by atoms with van der Waals surface area (Å²) in [6.45, 7) is 0.428. The second-order valence-electron chi connectivity index (χ2n) is 6.36. The quantitative estimate of drug-likeness (QED) is 0.383. The van der Waals surface area contributed by atoms with Crippen LogP contribution in [0.5, 0.6) is 0 Å². The summed E-state index contributed by atoms with van der Waals surface area (Å²) in [5.41, 5.74) is 3.19. The summed E-state index contributed by atoms with van der Waals surface area (Å²) in [5, 5.41) is 7.83. The summed E-state index contributed by atoms with van der Waals surface area (Å²) in [7, 11) is 0. The number of anilines is 1. The number of hydrogen-bond donors (Lipinski definition) is 4.